The summed E-state index contributed by atoms with van der Waals surface area (Å²) in [6, 6.07) is 15.2. The largest absolute Gasteiger partial charge is 0.478 e. The standard InChI is InChI=1S/C23H19N3O6S/c1-13(20(27)26-19-4-2-3-11-24-19)33-16-8-6-15(7-9-16)25-21(28)17-10-5-14(22(29)30)12-18(17)23(31)32/h2-13H,1H3,(H,25,28)(H,29,30)(H,31,32)(H,24,26,27). The van der Waals surface area contributed by atoms with E-state index in [1.165, 1.54) is 17.8 Å². The molecule has 0 fully saturated rings. The lowest BCUT2D eigenvalue weighted by Gasteiger charge is -2.12. The zero-order chi connectivity index (χ0) is 24.0. The number of hydrogen-bond donors (Lipinski definition) is 4. The minimum atomic E-state index is -1.41. The Hall–Kier alpha value is -4.18. The Labute approximate surface area is 192 Å². The van der Waals surface area contributed by atoms with Crippen molar-refractivity contribution in [1.82, 2.24) is 4.98 Å². The normalized spacial score (nSPS) is 11.3. The number of amides is 2. The summed E-state index contributed by atoms with van der Waals surface area (Å²) in [6.45, 7) is 1.76. The lowest BCUT2D eigenvalue weighted by atomic mass is 10.0. The quantitative estimate of drug-likeness (QED) is 0.367. The number of carbonyl (C=O) groups is 4. The van der Waals surface area contributed by atoms with Gasteiger partial charge in [0.15, 0.2) is 0 Å². The second-order valence-electron chi connectivity index (χ2n) is 6.81. The van der Waals surface area contributed by atoms with Crippen LogP contribution in [0.2, 0.25) is 0 Å². The SMILES string of the molecule is CC(Sc1ccc(NC(=O)c2ccc(C(=O)O)cc2C(=O)O)cc1)C(=O)Nc1ccccn1. The number of hydrogen-bond acceptors (Lipinski definition) is 6. The molecule has 0 aliphatic heterocycles. The third kappa shape index (κ3) is 6.17. The fourth-order valence-electron chi connectivity index (χ4n) is 2.79. The van der Waals surface area contributed by atoms with E-state index in [1.807, 2.05) is 0 Å². The zero-order valence-electron chi connectivity index (χ0n) is 17.3. The van der Waals surface area contributed by atoms with Gasteiger partial charge in [-0.25, -0.2) is 14.6 Å². The van der Waals surface area contributed by atoms with Crippen LogP contribution >= 0.6 is 11.8 Å². The van der Waals surface area contributed by atoms with Crippen molar-refractivity contribution in [1.29, 1.82) is 0 Å². The molecule has 10 heteroatoms. The number of carbonyl (C=O) groups excluding carboxylic acids is 2. The first kappa shape index (κ1) is 23.5. The van der Waals surface area contributed by atoms with Crippen LogP contribution in [0.5, 0.6) is 0 Å². The van der Waals surface area contributed by atoms with Crippen LogP contribution in [-0.2, 0) is 4.79 Å². The number of carboxylic acid groups (broad SMARTS) is 2. The average molecular weight is 465 g/mol. The fraction of sp³-hybridized carbons (Fsp3) is 0.0870. The minimum Gasteiger partial charge on any atom is -0.478 e. The highest BCUT2D eigenvalue weighted by atomic mass is 32.2. The van der Waals surface area contributed by atoms with Crippen molar-refractivity contribution in [3.8, 4) is 0 Å². The second kappa shape index (κ2) is 10.4. The van der Waals surface area contributed by atoms with E-state index in [2.05, 4.69) is 15.6 Å². The van der Waals surface area contributed by atoms with Crippen LogP contribution < -0.4 is 10.6 Å². The van der Waals surface area contributed by atoms with Gasteiger partial charge >= 0.3 is 11.9 Å². The predicted molar refractivity (Wildman–Crippen MR) is 123 cm³/mol. The lowest BCUT2D eigenvalue weighted by molar-refractivity contribution is -0.115. The van der Waals surface area contributed by atoms with Crippen LogP contribution in [0.25, 0.3) is 0 Å². The van der Waals surface area contributed by atoms with Crippen molar-refractivity contribution in [2.45, 2.75) is 17.1 Å². The molecule has 2 amide bonds. The molecule has 3 aromatic rings. The van der Waals surface area contributed by atoms with Crippen molar-refractivity contribution < 1.29 is 29.4 Å². The van der Waals surface area contributed by atoms with Gasteiger partial charge in [0, 0.05) is 16.8 Å². The van der Waals surface area contributed by atoms with Crippen molar-refractivity contribution in [2.24, 2.45) is 0 Å². The summed E-state index contributed by atoms with van der Waals surface area (Å²) in [6.07, 6.45) is 1.58. The number of pyridine rings is 1. The van der Waals surface area contributed by atoms with Crippen LogP contribution in [-0.4, -0.2) is 44.2 Å². The third-order valence-corrected chi connectivity index (χ3v) is 5.56. The van der Waals surface area contributed by atoms with Crippen LogP contribution in [0.3, 0.4) is 0 Å². The first-order chi connectivity index (χ1) is 15.7. The van der Waals surface area contributed by atoms with E-state index in [0.717, 1.165) is 17.0 Å². The Morgan fingerprint density at radius 2 is 1.61 bits per heavy atom. The summed E-state index contributed by atoms with van der Waals surface area (Å²) in [4.78, 5) is 52.3. The van der Waals surface area contributed by atoms with Gasteiger partial charge in [-0.1, -0.05) is 6.07 Å². The number of thioether (sulfide) groups is 1. The molecule has 33 heavy (non-hydrogen) atoms. The molecule has 1 heterocycles. The molecule has 0 aliphatic carbocycles. The minimum absolute atomic E-state index is 0.161. The summed E-state index contributed by atoms with van der Waals surface area (Å²) in [7, 11) is 0. The van der Waals surface area contributed by atoms with E-state index in [9.17, 15) is 24.3 Å². The molecule has 0 saturated carbocycles. The van der Waals surface area contributed by atoms with E-state index in [0.29, 0.717) is 11.5 Å². The monoisotopic (exact) mass is 465 g/mol. The summed E-state index contributed by atoms with van der Waals surface area (Å²) in [5, 5.41) is 23.3. The maximum absolute atomic E-state index is 12.6. The van der Waals surface area contributed by atoms with Gasteiger partial charge in [-0.2, -0.15) is 0 Å². The number of anilines is 2. The number of aromatic nitrogens is 1. The Kier molecular flexibility index (Phi) is 7.42. The predicted octanol–water partition coefficient (Wildman–Crippen LogP) is 3.85. The third-order valence-electron chi connectivity index (χ3n) is 4.45. The maximum Gasteiger partial charge on any atom is 0.336 e. The number of aromatic carboxylic acids is 2. The molecule has 0 aliphatic rings. The first-order valence-electron chi connectivity index (χ1n) is 9.65. The highest BCUT2D eigenvalue weighted by Gasteiger charge is 2.19. The van der Waals surface area contributed by atoms with E-state index in [-0.39, 0.29) is 17.0 Å². The number of nitrogens with one attached hydrogen (secondary N) is 2. The highest BCUT2D eigenvalue weighted by molar-refractivity contribution is 8.00. The van der Waals surface area contributed by atoms with E-state index < -0.39 is 28.7 Å². The van der Waals surface area contributed by atoms with Crippen LogP contribution in [0.1, 0.15) is 38.0 Å². The van der Waals surface area contributed by atoms with Gasteiger partial charge in [-0.05, 0) is 61.5 Å². The fourth-order valence-corrected chi connectivity index (χ4v) is 3.66. The van der Waals surface area contributed by atoms with E-state index >= 15 is 0 Å². The van der Waals surface area contributed by atoms with Gasteiger partial charge in [0.25, 0.3) is 5.91 Å². The van der Waals surface area contributed by atoms with Crippen molar-refractivity contribution in [3.05, 3.63) is 83.6 Å². The Morgan fingerprint density at radius 3 is 2.21 bits per heavy atom. The second-order valence-corrected chi connectivity index (χ2v) is 8.23. The smallest absolute Gasteiger partial charge is 0.336 e. The highest BCUT2D eigenvalue weighted by Crippen LogP contribution is 2.26. The zero-order valence-corrected chi connectivity index (χ0v) is 18.1. The van der Waals surface area contributed by atoms with Crippen molar-refractivity contribution in [3.63, 3.8) is 0 Å². The number of nitrogens with zero attached hydrogens (tertiary/aromatic N) is 1. The topological polar surface area (TPSA) is 146 Å². The molecule has 9 nitrogen and oxygen atoms in total. The molecular weight excluding hydrogens is 446 g/mol. The number of carboxylic acids is 2. The first-order valence-corrected chi connectivity index (χ1v) is 10.5. The van der Waals surface area contributed by atoms with Crippen LogP contribution in [0, 0.1) is 0 Å². The molecule has 0 saturated heterocycles. The van der Waals surface area contributed by atoms with Crippen LogP contribution in [0.15, 0.2) is 71.8 Å². The molecule has 1 unspecified atom stereocenters. The van der Waals surface area contributed by atoms with Gasteiger partial charge in [-0.3, -0.25) is 9.59 Å². The lowest BCUT2D eigenvalue weighted by Crippen LogP contribution is -2.22. The molecule has 4 N–H and O–H groups in total. The number of benzene rings is 2. The Bertz CT molecular complexity index is 1200. The summed E-state index contributed by atoms with van der Waals surface area (Å²) < 4.78 is 0. The summed E-state index contributed by atoms with van der Waals surface area (Å²) in [5.41, 5.74) is -0.391. The maximum atomic E-state index is 12.6. The molecule has 0 bridgehead atoms. The van der Waals surface area contributed by atoms with Gasteiger partial charge in [0.2, 0.25) is 5.91 Å². The molecule has 3 rings (SSSR count). The molecular formula is C23H19N3O6S. The van der Waals surface area contributed by atoms with Gasteiger partial charge in [0.05, 0.1) is 21.9 Å². The Balaban J connectivity index is 1.64. The Morgan fingerprint density at radius 1 is 0.879 bits per heavy atom. The van der Waals surface area contributed by atoms with E-state index in [1.54, 1.807) is 55.6 Å². The number of rotatable bonds is 8. The molecule has 0 radical (unpaired) electrons. The van der Waals surface area contributed by atoms with Gasteiger partial charge in [-0.15, -0.1) is 11.8 Å². The molecule has 1 aromatic heterocycles. The molecule has 168 valence electrons. The van der Waals surface area contributed by atoms with Crippen LogP contribution in [0.4, 0.5) is 11.5 Å². The van der Waals surface area contributed by atoms with E-state index in [4.69, 9.17) is 5.11 Å². The van der Waals surface area contributed by atoms with Crippen molar-refractivity contribution >= 4 is 47.0 Å². The summed E-state index contributed by atoms with van der Waals surface area (Å²) >= 11 is 1.32. The molecule has 2 aromatic carbocycles. The van der Waals surface area contributed by atoms with Gasteiger partial charge in [0.1, 0.15) is 5.82 Å². The van der Waals surface area contributed by atoms with Gasteiger partial charge < -0.3 is 20.8 Å². The molecule has 0 spiro atoms. The molecule has 1 atom stereocenters. The van der Waals surface area contributed by atoms with Crippen molar-refractivity contribution in [2.75, 3.05) is 10.6 Å². The average Bonchev–Trinajstić information content (AvgIpc) is 2.80. The summed E-state index contributed by atoms with van der Waals surface area (Å²) in [5.74, 6) is -3.13.